The first-order chi connectivity index (χ1) is 19.4. The van der Waals surface area contributed by atoms with E-state index in [-0.39, 0.29) is 5.75 Å². The number of phenols is 3. The summed E-state index contributed by atoms with van der Waals surface area (Å²) in [5.41, 5.74) is 0.133. The predicted molar refractivity (Wildman–Crippen MR) is 137 cm³/mol. The highest BCUT2D eigenvalue weighted by Gasteiger charge is 2.50. The van der Waals surface area contributed by atoms with Gasteiger partial charge in [0.1, 0.15) is 71.3 Å². The van der Waals surface area contributed by atoms with Crippen molar-refractivity contribution in [3.05, 3.63) is 53.6 Å². The number of allylic oxidation sites excluding steroid dienone is 1. The van der Waals surface area contributed by atoms with Crippen molar-refractivity contribution in [2.45, 2.75) is 68.3 Å². The highest BCUT2D eigenvalue weighted by atomic mass is 16.7. The molecule has 0 aliphatic carbocycles. The maximum absolute atomic E-state index is 13.0. The summed E-state index contributed by atoms with van der Waals surface area (Å²) in [6, 6.07) is 7.76. The zero-order valence-corrected chi connectivity index (χ0v) is 21.7. The molecule has 2 fully saturated rings. The second-order valence-electron chi connectivity index (χ2n) is 9.73. The molecule has 0 radical (unpaired) electrons. The molecule has 14 nitrogen and oxygen atoms in total. The highest BCUT2D eigenvalue weighted by Crippen LogP contribution is 2.36. The molecule has 14 heteroatoms. The lowest BCUT2D eigenvalue weighted by Gasteiger charge is -2.45. The first-order valence-electron chi connectivity index (χ1n) is 12.6. The fourth-order valence-corrected chi connectivity index (χ4v) is 4.49. The van der Waals surface area contributed by atoms with Crippen LogP contribution in [0, 0.1) is 0 Å². The first kappa shape index (κ1) is 30.6. The molecule has 0 unspecified atom stereocenters. The van der Waals surface area contributed by atoms with Gasteiger partial charge in [-0.05, 0) is 30.7 Å². The van der Waals surface area contributed by atoms with Crippen LogP contribution in [0.15, 0.2) is 42.5 Å². The van der Waals surface area contributed by atoms with Gasteiger partial charge in [0.05, 0.1) is 12.7 Å². The Hall–Kier alpha value is -3.31. The maximum atomic E-state index is 13.0. The zero-order valence-electron chi connectivity index (χ0n) is 21.7. The molecule has 2 aromatic carbocycles. The van der Waals surface area contributed by atoms with Gasteiger partial charge in [-0.25, -0.2) is 0 Å². The fourth-order valence-electron chi connectivity index (χ4n) is 4.49. The molecule has 41 heavy (non-hydrogen) atoms. The number of aromatic hydroxyl groups is 3. The van der Waals surface area contributed by atoms with Crippen LogP contribution in [0.25, 0.3) is 6.08 Å². The molecule has 2 aromatic rings. The van der Waals surface area contributed by atoms with E-state index in [4.69, 9.17) is 18.9 Å². The van der Waals surface area contributed by atoms with Gasteiger partial charge in [0, 0.05) is 12.1 Å². The van der Waals surface area contributed by atoms with E-state index in [2.05, 4.69) is 0 Å². The number of carbonyl (C=O) groups is 1. The van der Waals surface area contributed by atoms with Crippen LogP contribution < -0.4 is 4.74 Å². The summed E-state index contributed by atoms with van der Waals surface area (Å²) in [6.45, 7) is 0.625. The molecule has 2 heterocycles. The minimum absolute atomic E-state index is 0.0239. The minimum atomic E-state index is -1.89. The summed E-state index contributed by atoms with van der Waals surface area (Å²) in [5, 5.41) is 91.5. The third-order valence-corrected chi connectivity index (χ3v) is 6.80. The van der Waals surface area contributed by atoms with E-state index in [0.717, 1.165) is 18.2 Å². The number of ether oxygens (including phenoxy) is 4. The van der Waals surface area contributed by atoms with E-state index in [0.29, 0.717) is 5.56 Å². The monoisotopic (exact) mass is 580 g/mol. The van der Waals surface area contributed by atoms with Gasteiger partial charge in [-0.15, -0.1) is 0 Å². The van der Waals surface area contributed by atoms with Gasteiger partial charge >= 0.3 is 0 Å². The van der Waals surface area contributed by atoms with Gasteiger partial charge in [0.15, 0.2) is 12.1 Å². The van der Waals surface area contributed by atoms with Gasteiger partial charge in [0.2, 0.25) is 6.29 Å². The number of hydrogen-bond donors (Lipinski definition) is 9. The van der Waals surface area contributed by atoms with Crippen LogP contribution in [0.2, 0.25) is 0 Å². The minimum Gasteiger partial charge on any atom is -0.508 e. The Bertz CT molecular complexity index is 1230. The number of rotatable bonds is 8. The summed E-state index contributed by atoms with van der Waals surface area (Å²) < 4.78 is 22.1. The Balaban J connectivity index is 1.53. The molecule has 0 aromatic heterocycles. The lowest BCUT2D eigenvalue weighted by Crippen LogP contribution is -2.64. The average molecular weight is 581 g/mol. The Kier molecular flexibility index (Phi) is 9.48. The molecule has 10 atom stereocenters. The quantitative estimate of drug-likeness (QED) is 0.131. The van der Waals surface area contributed by atoms with Gasteiger partial charge in [-0.1, -0.05) is 18.2 Å². The van der Waals surface area contributed by atoms with Crippen molar-refractivity contribution in [3.63, 3.8) is 0 Å². The Morgan fingerprint density at radius 1 is 0.854 bits per heavy atom. The van der Waals surface area contributed by atoms with Crippen LogP contribution in [0.4, 0.5) is 0 Å². The number of ketones is 1. The fraction of sp³-hybridized carbons (Fsp3) is 0.444. The number of carbonyl (C=O) groups excluding carboxylic acids is 1. The summed E-state index contributed by atoms with van der Waals surface area (Å²) >= 11 is 0. The van der Waals surface area contributed by atoms with Crippen molar-refractivity contribution < 1.29 is 69.7 Å². The summed E-state index contributed by atoms with van der Waals surface area (Å²) in [5.74, 6) is -2.33. The van der Waals surface area contributed by atoms with Crippen LogP contribution in [-0.4, -0.2) is 120 Å². The largest absolute Gasteiger partial charge is 0.508 e. The van der Waals surface area contributed by atoms with Gasteiger partial charge < -0.3 is 64.9 Å². The third-order valence-electron chi connectivity index (χ3n) is 6.80. The molecule has 2 saturated heterocycles. The second-order valence-corrected chi connectivity index (χ2v) is 9.73. The van der Waals surface area contributed by atoms with Crippen LogP contribution in [0.1, 0.15) is 22.8 Å². The maximum Gasteiger partial charge on any atom is 0.229 e. The van der Waals surface area contributed by atoms with E-state index in [9.17, 15) is 50.8 Å². The highest BCUT2D eigenvalue weighted by molar-refractivity contribution is 6.10. The topological polar surface area (TPSA) is 236 Å². The zero-order chi connectivity index (χ0) is 30.0. The average Bonchev–Trinajstić information content (AvgIpc) is 2.93. The molecule has 2 aliphatic rings. The standard InChI is InChI=1S/C27H32O14/c1-11-20(33)21(34)23(36)26(38-11)41-25-18(10-28)40-27(24(37)22(25)35)39-17-9-14(30)8-16(32)19(17)15(31)7-4-12-2-5-13(29)6-3-12/h2-9,11,18,20-30,32-37H,10H2,1H3/b7-4+/t11-,18+,20+,21+,22-,23+,24-,25-,26+,27-/m1/s1. The predicted octanol–water partition coefficient (Wildman–Crippen LogP) is -1.27. The van der Waals surface area contributed by atoms with E-state index in [1.54, 1.807) is 0 Å². The van der Waals surface area contributed by atoms with Crippen molar-refractivity contribution in [3.8, 4) is 23.0 Å². The molecular weight excluding hydrogens is 548 g/mol. The first-order valence-corrected chi connectivity index (χ1v) is 12.6. The van der Waals surface area contributed by atoms with Crippen molar-refractivity contribution in [2.75, 3.05) is 6.61 Å². The van der Waals surface area contributed by atoms with Crippen LogP contribution in [-0.2, 0) is 14.2 Å². The Morgan fingerprint density at radius 2 is 1.51 bits per heavy atom. The summed E-state index contributed by atoms with van der Waals surface area (Å²) in [7, 11) is 0. The molecule has 2 aliphatic heterocycles. The van der Waals surface area contributed by atoms with Crippen LogP contribution in [0.5, 0.6) is 23.0 Å². The molecule has 9 N–H and O–H groups in total. The third kappa shape index (κ3) is 6.62. The van der Waals surface area contributed by atoms with Crippen LogP contribution >= 0.6 is 0 Å². The lowest BCUT2D eigenvalue weighted by atomic mass is 9.97. The van der Waals surface area contributed by atoms with Crippen molar-refractivity contribution in [1.82, 2.24) is 0 Å². The SMILES string of the molecule is C[C@H]1O[C@@H](O[C@H]2[C@H](O)[C@@H](O)[C@H](Oc3cc(O)cc(O)c3C(=O)/C=C/c3ccc(O)cc3)O[C@H]2CO)[C@@H](O)[C@@H](O)[C@H]1O. The van der Waals surface area contributed by atoms with Crippen molar-refractivity contribution in [2.24, 2.45) is 0 Å². The molecule has 224 valence electrons. The van der Waals surface area contributed by atoms with Gasteiger partial charge in [0.25, 0.3) is 0 Å². The number of hydrogen-bond acceptors (Lipinski definition) is 14. The lowest BCUT2D eigenvalue weighted by molar-refractivity contribution is -0.349. The normalized spacial score (nSPS) is 34.0. The van der Waals surface area contributed by atoms with Crippen molar-refractivity contribution >= 4 is 11.9 Å². The van der Waals surface area contributed by atoms with E-state index in [1.807, 2.05) is 0 Å². The second kappa shape index (κ2) is 12.7. The van der Waals surface area contributed by atoms with Gasteiger partial charge in [-0.3, -0.25) is 4.79 Å². The van der Waals surface area contributed by atoms with Crippen LogP contribution in [0.3, 0.4) is 0 Å². The molecule has 4 rings (SSSR count). The molecular formula is C27H32O14. The molecule has 0 bridgehead atoms. The Labute approximate surface area is 233 Å². The number of benzene rings is 2. The number of aliphatic hydroxyl groups is 6. The summed E-state index contributed by atoms with van der Waals surface area (Å²) in [6.07, 6.45) is -13.2. The molecule has 0 saturated carbocycles. The van der Waals surface area contributed by atoms with Gasteiger partial charge in [-0.2, -0.15) is 0 Å². The van der Waals surface area contributed by atoms with E-state index < -0.39 is 96.6 Å². The van der Waals surface area contributed by atoms with E-state index in [1.165, 1.54) is 37.3 Å². The molecule has 0 spiro atoms. The number of phenolic OH excluding ortho intramolecular Hbond substituents is 3. The van der Waals surface area contributed by atoms with E-state index >= 15 is 0 Å². The number of aliphatic hydroxyl groups excluding tert-OH is 6. The smallest absolute Gasteiger partial charge is 0.229 e. The molecule has 0 amide bonds. The van der Waals surface area contributed by atoms with Crippen molar-refractivity contribution in [1.29, 1.82) is 0 Å². The Morgan fingerprint density at radius 3 is 2.17 bits per heavy atom. The summed E-state index contributed by atoms with van der Waals surface area (Å²) in [4.78, 5) is 13.0.